The lowest BCUT2D eigenvalue weighted by Crippen LogP contribution is -2.17. The summed E-state index contributed by atoms with van der Waals surface area (Å²) in [5.74, 6) is 2.38. The van der Waals surface area contributed by atoms with Crippen molar-refractivity contribution in [2.75, 3.05) is 48.9 Å². The molecule has 0 amide bonds. The molecule has 1 aromatic carbocycles. The van der Waals surface area contributed by atoms with Crippen molar-refractivity contribution in [2.45, 2.75) is 26.2 Å². The molecule has 0 aliphatic carbocycles. The Kier molecular flexibility index (Phi) is 6.06. The van der Waals surface area contributed by atoms with E-state index in [4.69, 9.17) is 4.74 Å². The number of aromatic nitrogens is 2. The van der Waals surface area contributed by atoms with Gasteiger partial charge in [-0.05, 0) is 50.5 Å². The van der Waals surface area contributed by atoms with Crippen LogP contribution in [0.2, 0.25) is 0 Å². The van der Waals surface area contributed by atoms with E-state index in [0.29, 0.717) is 0 Å². The third-order valence-electron chi connectivity index (χ3n) is 4.28. The molecule has 0 atom stereocenters. The van der Waals surface area contributed by atoms with Crippen molar-refractivity contribution >= 4 is 23.0 Å². The summed E-state index contributed by atoms with van der Waals surface area (Å²) < 4.78 is 5.06. The molecule has 6 heteroatoms. The Bertz CT molecular complexity index is 668. The van der Waals surface area contributed by atoms with Crippen LogP contribution in [0.15, 0.2) is 30.3 Å². The zero-order valence-corrected chi connectivity index (χ0v) is 15.1. The number of nitrogens with zero attached hydrogens (tertiary/aromatic N) is 3. The Balaban J connectivity index is 1.62. The number of nitrogens with one attached hydrogen (secondary N) is 2. The summed E-state index contributed by atoms with van der Waals surface area (Å²) in [5, 5.41) is 6.69. The van der Waals surface area contributed by atoms with E-state index in [9.17, 15) is 0 Å². The highest BCUT2D eigenvalue weighted by molar-refractivity contribution is 5.62. The van der Waals surface area contributed by atoms with Crippen LogP contribution in [0.4, 0.5) is 23.0 Å². The van der Waals surface area contributed by atoms with Crippen molar-refractivity contribution < 1.29 is 4.74 Å². The zero-order chi connectivity index (χ0) is 17.5. The SMILES string of the molecule is COCCCNc1cc(Nc2ccc(N3CCCC3)cc2)nc(C)n1. The Morgan fingerprint density at radius 1 is 1.08 bits per heavy atom. The normalized spacial score (nSPS) is 13.9. The van der Waals surface area contributed by atoms with Crippen molar-refractivity contribution in [3.63, 3.8) is 0 Å². The summed E-state index contributed by atoms with van der Waals surface area (Å²) in [6, 6.07) is 10.5. The first kappa shape index (κ1) is 17.5. The molecular weight excluding hydrogens is 314 g/mol. The second kappa shape index (κ2) is 8.67. The number of aryl methyl sites for hydroxylation is 1. The molecule has 0 bridgehead atoms. The number of rotatable bonds is 8. The van der Waals surface area contributed by atoms with Crippen molar-refractivity contribution in [3.8, 4) is 0 Å². The van der Waals surface area contributed by atoms with Crippen LogP contribution in [-0.4, -0.2) is 43.3 Å². The van der Waals surface area contributed by atoms with Gasteiger partial charge in [0.1, 0.15) is 17.5 Å². The highest BCUT2D eigenvalue weighted by Gasteiger charge is 2.11. The topological polar surface area (TPSA) is 62.3 Å². The lowest BCUT2D eigenvalue weighted by Gasteiger charge is -2.18. The molecule has 1 aliphatic heterocycles. The maximum absolute atomic E-state index is 5.06. The molecule has 2 aromatic rings. The van der Waals surface area contributed by atoms with Gasteiger partial charge in [0, 0.05) is 50.8 Å². The van der Waals surface area contributed by atoms with Gasteiger partial charge in [0.25, 0.3) is 0 Å². The summed E-state index contributed by atoms with van der Waals surface area (Å²) in [4.78, 5) is 11.3. The quantitative estimate of drug-likeness (QED) is 0.716. The smallest absolute Gasteiger partial charge is 0.136 e. The van der Waals surface area contributed by atoms with Crippen LogP contribution in [-0.2, 0) is 4.74 Å². The van der Waals surface area contributed by atoms with Crippen LogP contribution in [0.3, 0.4) is 0 Å². The molecule has 2 N–H and O–H groups in total. The third kappa shape index (κ3) is 5.06. The average molecular weight is 341 g/mol. The van der Waals surface area contributed by atoms with E-state index >= 15 is 0 Å². The molecule has 0 spiro atoms. The second-order valence-electron chi connectivity index (χ2n) is 6.32. The second-order valence-corrected chi connectivity index (χ2v) is 6.32. The average Bonchev–Trinajstić information content (AvgIpc) is 3.14. The first-order valence-electron chi connectivity index (χ1n) is 8.95. The molecule has 0 radical (unpaired) electrons. The predicted molar refractivity (Wildman–Crippen MR) is 103 cm³/mol. The fraction of sp³-hybridized carbons (Fsp3) is 0.474. The molecule has 25 heavy (non-hydrogen) atoms. The van der Waals surface area contributed by atoms with Gasteiger partial charge in [0.2, 0.25) is 0 Å². The van der Waals surface area contributed by atoms with Crippen LogP contribution < -0.4 is 15.5 Å². The fourth-order valence-electron chi connectivity index (χ4n) is 3.03. The summed E-state index contributed by atoms with van der Waals surface area (Å²) >= 11 is 0. The van der Waals surface area contributed by atoms with Crippen molar-refractivity contribution in [1.82, 2.24) is 9.97 Å². The Morgan fingerprint density at radius 3 is 2.52 bits per heavy atom. The lowest BCUT2D eigenvalue weighted by molar-refractivity contribution is 0.198. The van der Waals surface area contributed by atoms with E-state index in [1.54, 1.807) is 7.11 Å². The van der Waals surface area contributed by atoms with Gasteiger partial charge in [-0.15, -0.1) is 0 Å². The van der Waals surface area contributed by atoms with Gasteiger partial charge in [-0.3, -0.25) is 0 Å². The minimum atomic E-state index is 0.742. The van der Waals surface area contributed by atoms with Gasteiger partial charge in [-0.1, -0.05) is 0 Å². The van der Waals surface area contributed by atoms with Gasteiger partial charge < -0.3 is 20.3 Å². The first-order valence-corrected chi connectivity index (χ1v) is 8.95. The molecule has 1 aliphatic rings. The first-order chi connectivity index (χ1) is 12.2. The molecule has 1 fully saturated rings. The van der Waals surface area contributed by atoms with Crippen LogP contribution in [0.5, 0.6) is 0 Å². The number of benzene rings is 1. The standard InChI is InChI=1S/C19H27N5O/c1-15-21-18(20-10-5-13-25-2)14-19(22-15)23-16-6-8-17(9-7-16)24-11-3-4-12-24/h6-9,14H,3-5,10-13H2,1-2H3,(H2,20,21,22,23). The van der Waals surface area contributed by atoms with E-state index in [0.717, 1.165) is 55.8 Å². The largest absolute Gasteiger partial charge is 0.385 e. The van der Waals surface area contributed by atoms with Crippen molar-refractivity contribution in [3.05, 3.63) is 36.2 Å². The summed E-state index contributed by atoms with van der Waals surface area (Å²) in [5.41, 5.74) is 2.33. The van der Waals surface area contributed by atoms with E-state index in [1.807, 2.05) is 13.0 Å². The fourth-order valence-corrected chi connectivity index (χ4v) is 3.03. The van der Waals surface area contributed by atoms with Crippen LogP contribution in [0.25, 0.3) is 0 Å². The zero-order valence-electron chi connectivity index (χ0n) is 15.1. The maximum atomic E-state index is 5.06. The van der Waals surface area contributed by atoms with Crippen LogP contribution >= 0.6 is 0 Å². The van der Waals surface area contributed by atoms with E-state index in [-0.39, 0.29) is 0 Å². The number of ether oxygens (including phenoxy) is 1. The molecular formula is C19H27N5O. The minimum Gasteiger partial charge on any atom is -0.385 e. The van der Waals surface area contributed by atoms with E-state index in [2.05, 4.69) is 49.8 Å². The number of methoxy groups -OCH3 is 1. The van der Waals surface area contributed by atoms with Crippen molar-refractivity contribution in [2.24, 2.45) is 0 Å². The summed E-state index contributed by atoms with van der Waals surface area (Å²) in [6.45, 7) is 5.80. The minimum absolute atomic E-state index is 0.742. The Hall–Kier alpha value is -2.34. The molecule has 3 rings (SSSR count). The van der Waals surface area contributed by atoms with Gasteiger partial charge >= 0.3 is 0 Å². The monoisotopic (exact) mass is 341 g/mol. The third-order valence-corrected chi connectivity index (χ3v) is 4.28. The lowest BCUT2D eigenvalue weighted by atomic mass is 10.2. The molecule has 6 nitrogen and oxygen atoms in total. The molecule has 0 saturated carbocycles. The Labute approximate surface area is 149 Å². The maximum Gasteiger partial charge on any atom is 0.136 e. The van der Waals surface area contributed by atoms with Crippen LogP contribution in [0.1, 0.15) is 25.1 Å². The highest BCUT2D eigenvalue weighted by atomic mass is 16.5. The van der Waals surface area contributed by atoms with Gasteiger partial charge in [-0.25, -0.2) is 9.97 Å². The predicted octanol–water partition coefficient (Wildman–Crippen LogP) is 3.58. The molecule has 1 aromatic heterocycles. The number of anilines is 4. The van der Waals surface area contributed by atoms with Gasteiger partial charge in [-0.2, -0.15) is 0 Å². The van der Waals surface area contributed by atoms with Gasteiger partial charge in [0.05, 0.1) is 0 Å². The molecule has 1 saturated heterocycles. The molecule has 134 valence electrons. The highest BCUT2D eigenvalue weighted by Crippen LogP contribution is 2.24. The molecule has 2 heterocycles. The van der Waals surface area contributed by atoms with Gasteiger partial charge in [0.15, 0.2) is 0 Å². The Morgan fingerprint density at radius 2 is 1.80 bits per heavy atom. The molecule has 0 unspecified atom stereocenters. The van der Waals surface area contributed by atoms with E-state index < -0.39 is 0 Å². The van der Waals surface area contributed by atoms with Crippen LogP contribution in [0, 0.1) is 6.92 Å². The summed E-state index contributed by atoms with van der Waals surface area (Å²) in [7, 11) is 1.71. The van der Waals surface area contributed by atoms with E-state index in [1.165, 1.54) is 18.5 Å². The number of hydrogen-bond acceptors (Lipinski definition) is 6. The summed E-state index contributed by atoms with van der Waals surface area (Å²) in [6.07, 6.45) is 3.53. The number of hydrogen-bond donors (Lipinski definition) is 2. The van der Waals surface area contributed by atoms with Crippen molar-refractivity contribution in [1.29, 1.82) is 0 Å².